The molecule has 3 nitrogen and oxygen atoms in total. The van der Waals surface area contributed by atoms with Crippen LogP contribution in [0.5, 0.6) is 5.75 Å². The fourth-order valence-electron chi connectivity index (χ4n) is 2.14. The summed E-state index contributed by atoms with van der Waals surface area (Å²) in [5, 5.41) is 3.85. The van der Waals surface area contributed by atoms with Gasteiger partial charge in [-0.1, -0.05) is 35.3 Å². The Hall–Kier alpha value is -1.71. The SMILES string of the molecule is Cc1cc(C)c(OCC(=O)Nc2cc(Cl)ccc2C)c(Cl)c1. The Kier molecular flexibility index (Phi) is 5.33. The second kappa shape index (κ2) is 7.03. The monoisotopic (exact) mass is 337 g/mol. The molecule has 1 N–H and O–H groups in total. The van der Waals surface area contributed by atoms with Gasteiger partial charge in [0.05, 0.1) is 5.02 Å². The summed E-state index contributed by atoms with van der Waals surface area (Å²) in [5.41, 5.74) is 3.56. The Bertz CT molecular complexity index is 691. The van der Waals surface area contributed by atoms with E-state index in [9.17, 15) is 4.79 Å². The van der Waals surface area contributed by atoms with E-state index < -0.39 is 0 Å². The molecule has 0 radical (unpaired) electrons. The van der Waals surface area contributed by atoms with E-state index in [1.165, 1.54) is 0 Å². The highest BCUT2D eigenvalue weighted by Crippen LogP contribution is 2.29. The number of halogens is 2. The smallest absolute Gasteiger partial charge is 0.262 e. The summed E-state index contributed by atoms with van der Waals surface area (Å²) in [4.78, 5) is 12.0. The molecule has 116 valence electrons. The minimum atomic E-state index is -0.263. The van der Waals surface area contributed by atoms with Crippen molar-refractivity contribution < 1.29 is 9.53 Å². The summed E-state index contributed by atoms with van der Waals surface area (Å²) in [6.07, 6.45) is 0. The van der Waals surface area contributed by atoms with E-state index in [-0.39, 0.29) is 12.5 Å². The van der Waals surface area contributed by atoms with Crippen LogP contribution in [-0.4, -0.2) is 12.5 Å². The zero-order chi connectivity index (χ0) is 16.3. The van der Waals surface area contributed by atoms with Crippen LogP contribution in [0.2, 0.25) is 10.0 Å². The number of aryl methyl sites for hydroxylation is 3. The van der Waals surface area contributed by atoms with Crippen LogP contribution in [0.3, 0.4) is 0 Å². The predicted molar refractivity (Wildman–Crippen MR) is 91.2 cm³/mol. The molecule has 0 aromatic heterocycles. The van der Waals surface area contributed by atoms with Gasteiger partial charge in [-0.2, -0.15) is 0 Å². The first-order valence-corrected chi connectivity index (χ1v) is 7.58. The Labute approximate surface area is 140 Å². The van der Waals surface area contributed by atoms with Crippen molar-refractivity contribution in [2.24, 2.45) is 0 Å². The molecule has 0 aliphatic rings. The van der Waals surface area contributed by atoms with Gasteiger partial charge in [0.25, 0.3) is 5.91 Å². The molecule has 0 spiro atoms. The summed E-state index contributed by atoms with van der Waals surface area (Å²) in [6.45, 7) is 5.63. The lowest BCUT2D eigenvalue weighted by Gasteiger charge is -2.13. The first kappa shape index (κ1) is 16.7. The second-order valence-electron chi connectivity index (χ2n) is 5.19. The van der Waals surface area contributed by atoms with Crippen LogP contribution < -0.4 is 10.1 Å². The summed E-state index contributed by atoms with van der Waals surface area (Å²) in [7, 11) is 0. The largest absolute Gasteiger partial charge is 0.482 e. The molecule has 1 amide bonds. The molecule has 0 unspecified atom stereocenters. The van der Waals surface area contributed by atoms with Crippen molar-refractivity contribution in [3.05, 3.63) is 57.1 Å². The maximum atomic E-state index is 12.0. The number of hydrogen-bond acceptors (Lipinski definition) is 2. The van der Waals surface area contributed by atoms with Crippen LogP contribution in [0.1, 0.15) is 16.7 Å². The maximum absolute atomic E-state index is 12.0. The molecule has 5 heteroatoms. The molecule has 0 saturated carbocycles. The average Bonchev–Trinajstić information content (AvgIpc) is 2.41. The number of carbonyl (C=O) groups excluding carboxylic acids is 1. The number of anilines is 1. The maximum Gasteiger partial charge on any atom is 0.262 e. The lowest BCUT2D eigenvalue weighted by atomic mass is 10.1. The van der Waals surface area contributed by atoms with Crippen LogP contribution in [0, 0.1) is 20.8 Å². The van der Waals surface area contributed by atoms with Gasteiger partial charge in [-0.25, -0.2) is 0 Å². The molecule has 0 aliphatic heterocycles. The standard InChI is InChI=1S/C17H17Cl2NO2/c1-10-6-12(3)17(14(19)7-10)22-9-16(21)20-15-8-13(18)5-4-11(15)2/h4-8H,9H2,1-3H3,(H,20,21). The lowest BCUT2D eigenvalue weighted by Crippen LogP contribution is -2.21. The van der Waals surface area contributed by atoms with Crippen molar-refractivity contribution >= 4 is 34.8 Å². The highest BCUT2D eigenvalue weighted by Gasteiger charge is 2.10. The van der Waals surface area contributed by atoms with E-state index in [1.807, 2.05) is 39.0 Å². The van der Waals surface area contributed by atoms with Crippen molar-refractivity contribution in [3.63, 3.8) is 0 Å². The van der Waals surface area contributed by atoms with E-state index in [1.54, 1.807) is 12.1 Å². The molecule has 2 aromatic rings. The van der Waals surface area contributed by atoms with Gasteiger partial charge in [0.1, 0.15) is 5.75 Å². The third-order valence-corrected chi connectivity index (χ3v) is 3.71. The van der Waals surface area contributed by atoms with Crippen LogP contribution in [0.4, 0.5) is 5.69 Å². The molecule has 0 saturated heterocycles. The van der Waals surface area contributed by atoms with Crippen molar-refractivity contribution in [2.75, 3.05) is 11.9 Å². The summed E-state index contributed by atoms with van der Waals surface area (Å²) >= 11 is 12.1. The van der Waals surface area contributed by atoms with Crippen molar-refractivity contribution in [2.45, 2.75) is 20.8 Å². The van der Waals surface area contributed by atoms with E-state index in [2.05, 4.69) is 5.32 Å². The minimum Gasteiger partial charge on any atom is -0.482 e. The van der Waals surface area contributed by atoms with Gasteiger partial charge in [0, 0.05) is 10.7 Å². The number of hydrogen-bond donors (Lipinski definition) is 1. The first-order chi connectivity index (χ1) is 10.4. The highest BCUT2D eigenvalue weighted by atomic mass is 35.5. The molecule has 0 atom stereocenters. The molecular weight excluding hydrogens is 321 g/mol. The zero-order valence-electron chi connectivity index (χ0n) is 12.7. The van der Waals surface area contributed by atoms with Crippen molar-refractivity contribution in [3.8, 4) is 5.75 Å². The number of carbonyl (C=O) groups is 1. The number of benzene rings is 2. The second-order valence-corrected chi connectivity index (χ2v) is 6.03. The molecule has 0 aliphatic carbocycles. The van der Waals surface area contributed by atoms with Gasteiger partial charge in [0.15, 0.2) is 6.61 Å². The van der Waals surface area contributed by atoms with Crippen LogP contribution >= 0.6 is 23.2 Å². The highest BCUT2D eigenvalue weighted by molar-refractivity contribution is 6.32. The van der Waals surface area contributed by atoms with Gasteiger partial charge in [-0.3, -0.25) is 4.79 Å². The topological polar surface area (TPSA) is 38.3 Å². The van der Waals surface area contributed by atoms with E-state index in [4.69, 9.17) is 27.9 Å². The van der Waals surface area contributed by atoms with E-state index in [0.29, 0.717) is 21.5 Å². The fraction of sp³-hybridized carbons (Fsp3) is 0.235. The zero-order valence-corrected chi connectivity index (χ0v) is 14.2. The molecule has 22 heavy (non-hydrogen) atoms. The average molecular weight is 338 g/mol. The van der Waals surface area contributed by atoms with E-state index in [0.717, 1.165) is 16.7 Å². The lowest BCUT2D eigenvalue weighted by molar-refractivity contribution is -0.118. The minimum absolute atomic E-state index is 0.116. The third-order valence-electron chi connectivity index (χ3n) is 3.19. The van der Waals surface area contributed by atoms with Gasteiger partial charge in [-0.15, -0.1) is 0 Å². The van der Waals surface area contributed by atoms with Crippen molar-refractivity contribution in [1.82, 2.24) is 0 Å². The Balaban J connectivity index is 2.03. The summed E-state index contributed by atoms with van der Waals surface area (Å²) in [6, 6.07) is 9.10. The summed E-state index contributed by atoms with van der Waals surface area (Å²) in [5.74, 6) is 0.270. The van der Waals surface area contributed by atoms with Gasteiger partial charge < -0.3 is 10.1 Å². The summed E-state index contributed by atoms with van der Waals surface area (Å²) < 4.78 is 5.55. The number of rotatable bonds is 4. The third kappa shape index (κ3) is 4.15. The van der Waals surface area contributed by atoms with Crippen LogP contribution in [0.15, 0.2) is 30.3 Å². The molecule has 2 rings (SSSR count). The molecule has 2 aromatic carbocycles. The predicted octanol–water partition coefficient (Wildman–Crippen LogP) is 4.94. The van der Waals surface area contributed by atoms with Crippen LogP contribution in [0.25, 0.3) is 0 Å². The molecule has 0 heterocycles. The van der Waals surface area contributed by atoms with Crippen molar-refractivity contribution in [1.29, 1.82) is 0 Å². The van der Waals surface area contributed by atoms with E-state index >= 15 is 0 Å². The van der Waals surface area contributed by atoms with Crippen LogP contribution in [-0.2, 0) is 4.79 Å². The quantitative estimate of drug-likeness (QED) is 0.858. The first-order valence-electron chi connectivity index (χ1n) is 6.82. The number of nitrogens with one attached hydrogen (secondary N) is 1. The molecule has 0 fully saturated rings. The Morgan fingerprint density at radius 3 is 2.50 bits per heavy atom. The van der Waals surface area contributed by atoms with Gasteiger partial charge in [0.2, 0.25) is 0 Å². The van der Waals surface area contributed by atoms with Gasteiger partial charge in [-0.05, 0) is 55.7 Å². The fourth-order valence-corrected chi connectivity index (χ4v) is 2.69. The normalized spacial score (nSPS) is 10.4. The molecule has 0 bridgehead atoms. The number of amides is 1. The Morgan fingerprint density at radius 2 is 1.82 bits per heavy atom. The Morgan fingerprint density at radius 1 is 1.09 bits per heavy atom. The molecular formula is C17H17Cl2NO2. The number of ether oxygens (including phenoxy) is 1. The van der Waals surface area contributed by atoms with Gasteiger partial charge >= 0.3 is 0 Å².